The van der Waals surface area contributed by atoms with Crippen LogP contribution >= 0.6 is 0 Å². The monoisotopic (exact) mass is 661 g/mol. The van der Waals surface area contributed by atoms with Crippen LogP contribution in [0, 0.1) is 0 Å². The van der Waals surface area contributed by atoms with Crippen LogP contribution in [0.25, 0.3) is 33.4 Å². The number of hydrogen-bond acceptors (Lipinski definition) is 1. The Morgan fingerprint density at radius 1 is 0.404 bits per heavy atom. The van der Waals surface area contributed by atoms with Gasteiger partial charge in [-0.25, -0.2) is 0 Å². The van der Waals surface area contributed by atoms with Crippen LogP contribution in [0.5, 0.6) is 0 Å². The number of hydrogen-bond donors (Lipinski definition) is 0. The Labute approximate surface area is 279 Å². The van der Waals surface area contributed by atoms with Gasteiger partial charge >= 0.3 is 280 Å². The van der Waals surface area contributed by atoms with Gasteiger partial charge in [-0.2, -0.15) is 0 Å². The van der Waals surface area contributed by atoms with E-state index >= 15 is 0 Å². The number of rotatable bonds is 2. The first-order valence-electron chi connectivity index (χ1n) is 16.6. The maximum atomic E-state index is 2.58. The third kappa shape index (κ3) is 3.50. The first-order valence-corrected chi connectivity index (χ1v) is 20.8. The fraction of sp³-hybridized carbons (Fsp3) is 0.0667. The van der Waals surface area contributed by atoms with Crippen molar-refractivity contribution >= 4 is 47.9 Å². The third-order valence-electron chi connectivity index (χ3n) is 11.1. The van der Waals surface area contributed by atoms with Gasteiger partial charge in [-0.05, 0) is 0 Å². The minimum absolute atomic E-state index is 0.150. The number of fused-ring (bicyclic) bond motifs is 12. The molecule has 0 N–H and O–H groups in total. The molecule has 1 nitrogen and oxygen atoms in total. The molecule has 3 heterocycles. The SMILES string of the molecule is CC1(C)c2ccccc2N(c2ccccc2)c2ccc(-c3ccc4[c](c3)[Ge]3([c]5ccccc5-c5cccc[c]53)[c]3ccccc3-4)cc21. The normalized spacial score (nSPS) is 15.3. The molecule has 3 aliphatic heterocycles. The van der Waals surface area contributed by atoms with Gasteiger partial charge in [0.15, 0.2) is 0 Å². The predicted octanol–water partition coefficient (Wildman–Crippen LogP) is 8.80. The molecule has 3 aliphatic rings. The number of benzene rings is 7. The van der Waals surface area contributed by atoms with Crippen molar-refractivity contribution in [2.24, 2.45) is 0 Å². The molecule has 10 rings (SSSR count). The minimum atomic E-state index is -3.23. The molecular formula is C45H33GeN. The molecule has 0 unspecified atom stereocenters. The van der Waals surface area contributed by atoms with Crippen LogP contribution < -0.4 is 22.5 Å². The van der Waals surface area contributed by atoms with Gasteiger partial charge in [0.25, 0.3) is 0 Å². The second kappa shape index (κ2) is 9.70. The first kappa shape index (κ1) is 27.0. The van der Waals surface area contributed by atoms with Crippen molar-refractivity contribution in [3.63, 3.8) is 0 Å². The van der Waals surface area contributed by atoms with Gasteiger partial charge in [-0.1, -0.05) is 0 Å². The van der Waals surface area contributed by atoms with E-state index in [-0.39, 0.29) is 5.41 Å². The summed E-state index contributed by atoms with van der Waals surface area (Å²) >= 11 is -3.23. The van der Waals surface area contributed by atoms with E-state index in [2.05, 4.69) is 183 Å². The van der Waals surface area contributed by atoms with E-state index in [0.29, 0.717) is 0 Å². The molecule has 0 radical (unpaired) electrons. The van der Waals surface area contributed by atoms with Gasteiger partial charge in [0.1, 0.15) is 0 Å². The fourth-order valence-corrected chi connectivity index (χ4v) is 20.8. The number of nitrogens with zero attached hydrogens (tertiary/aromatic N) is 1. The van der Waals surface area contributed by atoms with Crippen molar-refractivity contribution in [2.45, 2.75) is 19.3 Å². The third-order valence-corrected chi connectivity index (χ3v) is 21.5. The molecule has 0 aromatic heterocycles. The van der Waals surface area contributed by atoms with E-state index in [1.165, 1.54) is 61.6 Å². The van der Waals surface area contributed by atoms with Crippen molar-refractivity contribution in [1.29, 1.82) is 0 Å². The summed E-state index contributed by atoms with van der Waals surface area (Å²) in [6.45, 7) is 4.76. The topological polar surface area (TPSA) is 3.24 Å². The van der Waals surface area contributed by atoms with Gasteiger partial charge in [0, 0.05) is 0 Å². The second-order valence-corrected chi connectivity index (χ2v) is 21.4. The van der Waals surface area contributed by atoms with E-state index < -0.39 is 13.3 Å². The molecule has 1 spiro atoms. The molecule has 222 valence electrons. The van der Waals surface area contributed by atoms with Gasteiger partial charge < -0.3 is 0 Å². The Kier molecular flexibility index (Phi) is 5.58. The first-order chi connectivity index (χ1) is 23.1. The molecule has 0 aliphatic carbocycles. The molecule has 47 heavy (non-hydrogen) atoms. The predicted molar refractivity (Wildman–Crippen MR) is 200 cm³/mol. The molecule has 0 fully saturated rings. The molecule has 0 amide bonds. The summed E-state index contributed by atoms with van der Waals surface area (Å²) < 4.78 is 6.27. The Balaban J connectivity index is 1.21. The van der Waals surface area contributed by atoms with Crippen molar-refractivity contribution < 1.29 is 0 Å². The average Bonchev–Trinajstić information content (AvgIpc) is 3.59. The van der Waals surface area contributed by atoms with E-state index in [0.717, 1.165) is 0 Å². The van der Waals surface area contributed by atoms with Gasteiger partial charge in [-0.15, -0.1) is 0 Å². The molecule has 2 heteroatoms. The van der Waals surface area contributed by atoms with Crippen LogP contribution in [0.4, 0.5) is 17.1 Å². The molecule has 0 bridgehead atoms. The Hall–Kier alpha value is -5.12. The van der Waals surface area contributed by atoms with E-state index in [9.17, 15) is 0 Å². The quantitative estimate of drug-likeness (QED) is 0.168. The van der Waals surface area contributed by atoms with Crippen molar-refractivity contribution in [2.75, 3.05) is 4.90 Å². The molecule has 0 atom stereocenters. The number of anilines is 3. The maximum absolute atomic E-state index is 3.23. The summed E-state index contributed by atoms with van der Waals surface area (Å²) in [6, 6.07) is 62.0. The summed E-state index contributed by atoms with van der Waals surface area (Å²) in [5.74, 6) is 0. The fourth-order valence-electron chi connectivity index (χ4n) is 9.01. The van der Waals surface area contributed by atoms with E-state index in [1.54, 1.807) is 17.6 Å². The number of para-hydroxylation sites is 2. The van der Waals surface area contributed by atoms with E-state index in [4.69, 9.17) is 0 Å². The zero-order chi connectivity index (χ0) is 31.3. The van der Waals surface area contributed by atoms with Crippen molar-refractivity contribution in [3.8, 4) is 33.4 Å². The van der Waals surface area contributed by atoms with Gasteiger partial charge in [0.05, 0.1) is 0 Å². The van der Waals surface area contributed by atoms with Gasteiger partial charge in [-0.3, -0.25) is 0 Å². The van der Waals surface area contributed by atoms with Crippen LogP contribution in [0.2, 0.25) is 0 Å². The molecular weight excluding hydrogens is 627 g/mol. The Morgan fingerprint density at radius 3 is 1.55 bits per heavy atom. The van der Waals surface area contributed by atoms with E-state index in [1.807, 2.05) is 0 Å². The Bertz CT molecular complexity index is 2340. The van der Waals surface area contributed by atoms with Crippen LogP contribution in [0.15, 0.2) is 164 Å². The zero-order valence-corrected chi connectivity index (χ0v) is 28.6. The van der Waals surface area contributed by atoms with Crippen LogP contribution in [0.3, 0.4) is 0 Å². The summed E-state index contributed by atoms with van der Waals surface area (Å²) in [5.41, 5.74) is 14.5. The summed E-state index contributed by atoms with van der Waals surface area (Å²) in [5, 5.41) is 0. The second-order valence-electron chi connectivity index (χ2n) is 13.7. The van der Waals surface area contributed by atoms with Crippen molar-refractivity contribution in [1.82, 2.24) is 0 Å². The molecule has 7 aromatic carbocycles. The van der Waals surface area contributed by atoms with Crippen LogP contribution in [0.1, 0.15) is 25.0 Å². The Morgan fingerprint density at radius 2 is 0.894 bits per heavy atom. The molecule has 7 aromatic rings. The van der Waals surface area contributed by atoms with Gasteiger partial charge in [0.2, 0.25) is 0 Å². The summed E-state index contributed by atoms with van der Waals surface area (Å²) in [6.07, 6.45) is 0. The molecule has 0 saturated carbocycles. The van der Waals surface area contributed by atoms with Crippen LogP contribution in [-0.4, -0.2) is 13.3 Å². The van der Waals surface area contributed by atoms with Crippen LogP contribution in [-0.2, 0) is 5.41 Å². The average molecular weight is 660 g/mol. The standard InChI is InChI=1S/C45H33GeN/c1-45(2)37-19-9-13-23-43(37)47(32-14-4-3-5-15-32)44-27-25-30(28-38(44)45)31-24-26-36-35-18-8-12-22-41(35)46(42(36)29-31)39-20-10-6-16-33(39)34-17-7-11-21-40(34)46/h3-29H,1-2H3. The summed E-state index contributed by atoms with van der Waals surface area (Å²) in [7, 11) is 0. The van der Waals surface area contributed by atoms with Crippen molar-refractivity contribution in [3.05, 3.63) is 175 Å². The zero-order valence-electron chi connectivity index (χ0n) is 26.5. The molecule has 0 saturated heterocycles. The summed E-state index contributed by atoms with van der Waals surface area (Å²) in [4.78, 5) is 2.44.